The van der Waals surface area contributed by atoms with Gasteiger partial charge in [-0.2, -0.15) is 0 Å². The van der Waals surface area contributed by atoms with E-state index in [-0.39, 0.29) is 12.1 Å². The second kappa shape index (κ2) is 8.41. The number of anilines is 1. The highest BCUT2D eigenvalue weighted by Gasteiger charge is 2.24. The topological polar surface area (TPSA) is 79.6 Å². The molecule has 1 fully saturated rings. The van der Waals surface area contributed by atoms with Crippen molar-refractivity contribution in [2.75, 3.05) is 38.2 Å². The third-order valence-corrected chi connectivity index (χ3v) is 4.87. The number of fused-ring (bicyclic) bond motifs is 1. The Morgan fingerprint density at radius 3 is 2.86 bits per heavy atom. The van der Waals surface area contributed by atoms with Gasteiger partial charge in [0.2, 0.25) is 0 Å². The first-order valence-corrected chi connectivity index (χ1v) is 9.47. The van der Waals surface area contributed by atoms with E-state index in [1.807, 2.05) is 49.4 Å². The lowest BCUT2D eigenvalue weighted by molar-refractivity contribution is 0.0159. The number of carbonyl (C=O) groups excluding carboxylic acids is 1. The fraction of sp³-hybridized carbons (Fsp3) is 0.333. The Labute approximate surface area is 163 Å². The van der Waals surface area contributed by atoms with Crippen molar-refractivity contribution < 1.29 is 13.9 Å². The van der Waals surface area contributed by atoms with E-state index in [1.54, 1.807) is 6.20 Å². The van der Waals surface area contributed by atoms with Crippen LogP contribution in [-0.2, 0) is 4.74 Å². The Balaban J connectivity index is 1.41. The minimum absolute atomic E-state index is 0.00912. The fourth-order valence-corrected chi connectivity index (χ4v) is 3.50. The maximum atomic E-state index is 12.5. The molecule has 2 aromatic heterocycles. The Bertz CT molecular complexity index is 935. The van der Waals surface area contributed by atoms with Gasteiger partial charge in [0.05, 0.1) is 24.9 Å². The van der Waals surface area contributed by atoms with Gasteiger partial charge in [0.25, 0.3) is 0 Å². The molecule has 0 saturated carbocycles. The van der Waals surface area contributed by atoms with Crippen molar-refractivity contribution in [2.45, 2.75) is 13.0 Å². The van der Waals surface area contributed by atoms with E-state index >= 15 is 0 Å². The van der Waals surface area contributed by atoms with E-state index in [9.17, 15) is 4.79 Å². The van der Waals surface area contributed by atoms with Gasteiger partial charge in [-0.1, -0.05) is 6.07 Å². The summed E-state index contributed by atoms with van der Waals surface area (Å²) < 4.78 is 11.0. The molecule has 1 unspecified atom stereocenters. The van der Waals surface area contributed by atoms with Crippen LogP contribution in [0.25, 0.3) is 11.0 Å². The number of benzene rings is 1. The first-order chi connectivity index (χ1) is 13.7. The summed E-state index contributed by atoms with van der Waals surface area (Å²) in [4.78, 5) is 19.2. The Hall–Kier alpha value is -2.90. The highest BCUT2D eigenvalue weighted by molar-refractivity contribution is 5.92. The first kappa shape index (κ1) is 18.5. The van der Waals surface area contributed by atoms with Crippen molar-refractivity contribution in [3.8, 4) is 0 Å². The van der Waals surface area contributed by atoms with Gasteiger partial charge in [-0.15, -0.1) is 0 Å². The average Bonchev–Trinajstić information content (AvgIpc) is 3.09. The van der Waals surface area contributed by atoms with Crippen LogP contribution in [0.4, 0.5) is 10.5 Å². The van der Waals surface area contributed by atoms with Gasteiger partial charge in [0.15, 0.2) is 0 Å². The normalized spacial score (nSPS) is 16.0. The summed E-state index contributed by atoms with van der Waals surface area (Å²) in [5.74, 6) is 0.848. The van der Waals surface area contributed by atoms with Crippen LogP contribution in [0.5, 0.6) is 0 Å². The molecule has 7 heteroatoms. The van der Waals surface area contributed by atoms with Crippen LogP contribution < -0.4 is 10.6 Å². The zero-order valence-corrected chi connectivity index (χ0v) is 15.9. The lowest BCUT2D eigenvalue weighted by Crippen LogP contribution is -2.44. The lowest BCUT2D eigenvalue weighted by Gasteiger charge is -2.34. The average molecular weight is 380 g/mol. The summed E-state index contributed by atoms with van der Waals surface area (Å²) in [6.07, 6.45) is 1.78. The maximum absolute atomic E-state index is 12.5. The Kier molecular flexibility index (Phi) is 5.55. The Morgan fingerprint density at radius 2 is 2.07 bits per heavy atom. The third kappa shape index (κ3) is 4.32. The summed E-state index contributed by atoms with van der Waals surface area (Å²) in [5, 5.41) is 6.85. The van der Waals surface area contributed by atoms with Gasteiger partial charge in [-0.05, 0) is 43.3 Å². The number of hydrogen-bond donors (Lipinski definition) is 2. The standard InChI is InChI=1S/C21H24N4O3/c1-15-12-16-13-17(5-6-20(16)28-15)24-21(26)23-14-19(18-4-2-3-7-22-18)25-8-10-27-11-9-25/h2-7,12-13,19H,8-11,14H2,1H3,(H2,23,24,26). The molecule has 1 aromatic carbocycles. The third-order valence-electron chi connectivity index (χ3n) is 4.87. The van der Waals surface area contributed by atoms with E-state index in [4.69, 9.17) is 9.15 Å². The number of ether oxygens (including phenoxy) is 1. The molecule has 3 heterocycles. The quantitative estimate of drug-likeness (QED) is 0.710. The molecule has 1 aliphatic heterocycles. The maximum Gasteiger partial charge on any atom is 0.319 e. The van der Waals surface area contributed by atoms with Crippen LogP contribution in [0, 0.1) is 6.92 Å². The molecule has 7 nitrogen and oxygen atoms in total. The number of furan rings is 1. The zero-order chi connectivity index (χ0) is 19.3. The molecule has 0 bridgehead atoms. The predicted molar refractivity (Wildman–Crippen MR) is 107 cm³/mol. The van der Waals surface area contributed by atoms with Crippen molar-refractivity contribution >= 4 is 22.7 Å². The Morgan fingerprint density at radius 1 is 1.21 bits per heavy atom. The number of aromatic nitrogens is 1. The number of aryl methyl sites for hydroxylation is 1. The predicted octanol–water partition coefficient (Wildman–Crippen LogP) is 3.33. The number of pyridine rings is 1. The monoisotopic (exact) mass is 380 g/mol. The van der Waals surface area contributed by atoms with Crippen molar-refractivity contribution in [2.24, 2.45) is 0 Å². The van der Waals surface area contributed by atoms with Crippen molar-refractivity contribution in [1.82, 2.24) is 15.2 Å². The number of amides is 2. The molecule has 1 saturated heterocycles. The largest absolute Gasteiger partial charge is 0.461 e. The highest BCUT2D eigenvalue weighted by Crippen LogP contribution is 2.23. The van der Waals surface area contributed by atoms with E-state index in [2.05, 4.69) is 20.5 Å². The summed E-state index contributed by atoms with van der Waals surface area (Å²) >= 11 is 0. The molecular formula is C21H24N4O3. The van der Waals surface area contributed by atoms with E-state index in [0.29, 0.717) is 19.8 Å². The minimum Gasteiger partial charge on any atom is -0.461 e. The molecule has 146 valence electrons. The van der Waals surface area contributed by atoms with Crippen LogP contribution in [0.1, 0.15) is 17.5 Å². The van der Waals surface area contributed by atoms with E-state index in [0.717, 1.165) is 41.2 Å². The van der Waals surface area contributed by atoms with Crippen LogP contribution in [0.2, 0.25) is 0 Å². The molecule has 3 aromatic rings. The summed E-state index contributed by atoms with van der Waals surface area (Å²) in [6, 6.07) is 13.2. The van der Waals surface area contributed by atoms with Crippen LogP contribution in [0.3, 0.4) is 0 Å². The van der Waals surface area contributed by atoms with Gasteiger partial charge < -0.3 is 19.8 Å². The van der Waals surface area contributed by atoms with Crippen molar-refractivity contribution in [1.29, 1.82) is 0 Å². The van der Waals surface area contributed by atoms with Crippen LogP contribution in [0.15, 0.2) is 53.1 Å². The molecule has 0 radical (unpaired) electrons. The number of carbonyl (C=O) groups is 1. The van der Waals surface area contributed by atoms with Gasteiger partial charge in [0, 0.05) is 36.9 Å². The smallest absolute Gasteiger partial charge is 0.319 e. The van der Waals surface area contributed by atoms with Crippen LogP contribution >= 0.6 is 0 Å². The number of nitrogens with zero attached hydrogens (tertiary/aromatic N) is 2. The molecule has 1 aliphatic rings. The van der Waals surface area contributed by atoms with E-state index in [1.165, 1.54) is 0 Å². The molecule has 0 aliphatic carbocycles. The SMILES string of the molecule is Cc1cc2cc(NC(=O)NCC(c3ccccn3)N3CCOCC3)ccc2o1. The molecule has 1 atom stereocenters. The number of hydrogen-bond acceptors (Lipinski definition) is 5. The molecule has 2 amide bonds. The molecule has 4 rings (SSSR count). The molecule has 2 N–H and O–H groups in total. The van der Waals surface area contributed by atoms with E-state index < -0.39 is 0 Å². The lowest BCUT2D eigenvalue weighted by atomic mass is 10.1. The van der Waals surface area contributed by atoms with Crippen LogP contribution in [-0.4, -0.2) is 48.8 Å². The summed E-state index contributed by atoms with van der Waals surface area (Å²) in [7, 11) is 0. The second-order valence-electron chi connectivity index (χ2n) is 6.86. The van der Waals surface area contributed by atoms with Crippen molar-refractivity contribution in [3.05, 3.63) is 60.1 Å². The number of rotatable bonds is 5. The van der Waals surface area contributed by atoms with Gasteiger partial charge in [-0.3, -0.25) is 9.88 Å². The van der Waals surface area contributed by atoms with Gasteiger partial charge in [0.1, 0.15) is 11.3 Å². The summed E-state index contributed by atoms with van der Waals surface area (Å²) in [6.45, 7) is 5.40. The van der Waals surface area contributed by atoms with Crippen molar-refractivity contribution in [3.63, 3.8) is 0 Å². The highest BCUT2D eigenvalue weighted by atomic mass is 16.5. The molecule has 28 heavy (non-hydrogen) atoms. The summed E-state index contributed by atoms with van der Waals surface area (Å²) in [5.41, 5.74) is 2.48. The van der Waals surface area contributed by atoms with Gasteiger partial charge in [-0.25, -0.2) is 4.79 Å². The molecular weight excluding hydrogens is 356 g/mol. The minimum atomic E-state index is -0.242. The molecule has 0 spiro atoms. The number of morpholine rings is 1. The number of nitrogens with one attached hydrogen (secondary N) is 2. The zero-order valence-electron chi connectivity index (χ0n) is 15.9. The fourth-order valence-electron chi connectivity index (χ4n) is 3.50. The number of urea groups is 1. The second-order valence-corrected chi connectivity index (χ2v) is 6.86. The van der Waals surface area contributed by atoms with Gasteiger partial charge >= 0.3 is 6.03 Å². The first-order valence-electron chi connectivity index (χ1n) is 9.47.